The molecule has 0 bridgehead atoms. The average molecular weight is 573 g/mol. The van der Waals surface area contributed by atoms with Gasteiger partial charge in [-0.2, -0.15) is 5.10 Å². The molecule has 0 radical (unpaired) electrons. The van der Waals surface area contributed by atoms with Crippen molar-refractivity contribution in [3.63, 3.8) is 0 Å². The molecular formula is C32H42N7O3+. The Hall–Kier alpha value is -3.52. The molecule has 42 heavy (non-hydrogen) atoms. The normalized spacial score (nSPS) is 23.4. The lowest BCUT2D eigenvalue weighted by molar-refractivity contribution is -0.138. The summed E-state index contributed by atoms with van der Waals surface area (Å²) >= 11 is 0. The first-order valence-corrected chi connectivity index (χ1v) is 15.1. The SMILES string of the molecule is C#[N+][C@H]1C[C@H](C(=O)N2CCN(c3ccnn4cc(-c5ccc(C6(OC)CCN([C@@H](C)COC)CC6)cn5)cc34)CC2)C1. The fourth-order valence-corrected chi connectivity index (χ4v) is 6.86. The first-order valence-electron chi connectivity index (χ1n) is 15.1. The van der Waals surface area contributed by atoms with Crippen molar-refractivity contribution in [3.8, 4) is 17.8 Å². The number of carbonyl (C=O) groups excluding carboxylic acids is 1. The van der Waals surface area contributed by atoms with Crippen LogP contribution in [0.4, 0.5) is 5.69 Å². The third kappa shape index (κ3) is 5.37. The summed E-state index contributed by atoms with van der Waals surface area (Å²) in [5.74, 6) is 0.320. The number of hydrogen-bond donors (Lipinski definition) is 0. The second kappa shape index (κ2) is 12.0. The molecule has 222 valence electrons. The Morgan fingerprint density at radius 3 is 2.52 bits per heavy atom. The zero-order chi connectivity index (χ0) is 29.3. The second-order valence-corrected chi connectivity index (χ2v) is 12.0. The lowest BCUT2D eigenvalue weighted by Gasteiger charge is -2.43. The number of aromatic nitrogens is 3. The topological polar surface area (TPSA) is 79.8 Å². The highest BCUT2D eigenvalue weighted by molar-refractivity contribution is 5.81. The van der Waals surface area contributed by atoms with Crippen molar-refractivity contribution in [1.82, 2.24) is 24.4 Å². The van der Waals surface area contributed by atoms with E-state index in [1.807, 2.05) is 35.1 Å². The number of rotatable bonds is 8. The standard InChI is InChI=1S/C32H42N7O3/c1-23(22-41-3)36-11-8-32(42-4,9-12-36)26-5-6-28(34-20-26)25-19-30-29(7-10-35-39(30)21-25)37-13-15-38(16-14-37)31(40)24-17-27(18-24)33-2/h2,5-7,10,19-21,23-24,27H,8-9,11-18,22H2,1,3-4H3/q+1/t23-,24-,27-/m0/s1. The summed E-state index contributed by atoms with van der Waals surface area (Å²) in [4.78, 5) is 28.4. The van der Waals surface area contributed by atoms with Crippen molar-refractivity contribution in [2.24, 2.45) is 5.92 Å². The van der Waals surface area contributed by atoms with Gasteiger partial charge in [-0.1, -0.05) is 10.9 Å². The summed E-state index contributed by atoms with van der Waals surface area (Å²) in [7, 11) is 3.57. The van der Waals surface area contributed by atoms with Crippen molar-refractivity contribution < 1.29 is 14.3 Å². The maximum atomic E-state index is 12.9. The van der Waals surface area contributed by atoms with E-state index in [1.165, 1.54) is 0 Å². The number of amides is 1. The zero-order valence-electron chi connectivity index (χ0n) is 25.0. The molecule has 3 fully saturated rings. The minimum Gasteiger partial charge on any atom is -0.383 e. The number of likely N-dealkylation sites (tertiary alicyclic amines) is 1. The third-order valence-electron chi connectivity index (χ3n) is 9.70. The van der Waals surface area contributed by atoms with Crippen LogP contribution in [0.15, 0.2) is 42.9 Å². The van der Waals surface area contributed by atoms with Gasteiger partial charge in [0.2, 0.25) is 5.91 Å². The number of fused-ring (bicyclic) bond motifs is 1. The molecule has 3 aromatic rings. The van der Waals surface area contributed by atoms with Crippen LogP contribution in [-0.4, -0.2) is 102 Å². The quantitative estimate of drug-likeness (QED) is 0.407. The van der Waals surface area contributed by atoms with Crippen LogP contribution in [0.25, 0.3) is 21.6 Å². The van der Waals surface area contributed by atoms with Crippen LogP contribution in [-0.2, 0) is 19.9 Å². The minimum atomic E-state index is -0.321. The molecule has 0 unspecified atom stereocenters. The number of carbonyl (C=O) groups is 1. The Balaban J connectivity index is 1.13. The van der Waals surface area contributed by atoms with Gasteiger partial charge < -0.3 is 19.3 Å². The van der Waals surface area contributed by atoms with E-state index in [4.69, 9.17) is 21.0 Å². The van der Waals surface area contributed by atoms with Gasteiger partial charge in [-0.15, -0.1) is 0 Å². The van der Waals surface area contributed by atoms with Crippen LogP contribution < -0.4 is 4.90 Å². The maximum absolute atomic E-state index is 12.9. The van der Waals surface area contributed by atoms with E-state index in [0.29, 0.717) is 6.04 Å². The van der Waals surface area contributed by atoms with Gasteiger partial charge in [0.15, 0.2) is 0 Å². The van der Waals surface area contributed by atoms with E-state index in [2.05, 4.69) is 50.9 Å². The molecule has 0 aromatic carbocycles. The first-order chi connectivity index (χ1) is 20.4. The van der Waals surface area contributed by atoms with Gasteiger partial charge >= 0.3 is 0 Å². The number of methoxy groups -OCH3 is 2. The molecule has 3 aromatic heterocycles. The third-order valence-corrected chi connectivity index (χ3v) is 9.70. The Labute approximate surface area is 248 Å². The summed E-state index contributed by atoms with van der Waals surface area (Å²) in [5.41, 5.74) is 4.89. The van der Waals surface area contributed by atoms with E-state index in [0.717, 1.165) is 99.6 Å². The van der Waals surface area contributed by atoms with E-state index in [1.54, 1.807) is 7.11 Å². The Bertz CT molecular complexity index is 1430. The van der Waals surface area contributed by atoms with Crippen molar-refractivity contribution in [2.45, 2.75) is 50.3 Å². The summed E-state index contributed by atoms with van der Waals surface area (Å²) in [6, 6.07) is 9.03. The Morgan fingerprint density at radius 2 is 1.88 bits per heavy atom. The summed E-state index contributed by atoms with van der Waals surface area (Å²) in [6.07, 6.45) is 9.26. The number of nitrogens with zero attached hydrogens (tertiary/aromatic N) is 7. The lowest BCUT2D eigenvalue weighted by Crippen LogP contribution is -2.52. The molecule has 10 nitrogen and oxygen atoms in total. The van der Waals surface area contributed by atoms with Gasteiger partial charge in [-0.25, -0.2) is 4.52 Å². The zero-order valence-corrected chi connectivity index (χ0v) is 25.0. The fourth-order valence-electron chi connectivity index (χ4n) is 6.86. The van der Waals surface area contributed by atoms with Gasteiger partial charge in [-0.3, -0.25) is 14.7 Å². The lowest BCUT2D eigenvalue weighted by atomic mass is 9.79. The Morgan fingerprint density at radius 1 is 1.12 bits per heavy atom. The van der Waals surface area contributed by atoms with Crippen LogP contribution in [0.1, 0.15) is 38.2 Å². The molecule has 2 saturated heterocycles. The fraction of sp³-hybridized carbons (Fsp3) is 0.562. The molecule has 2 aliphatic heterocycles. The van der Waals surface area contributed by atoms with Crippen LogP contribution >= 0.6 is 0 Å². The molecule has 1 aliphatic carbocycles. The molecular weight excluding hydrogens is 530 g/mol. The highest BCUT2D eigenvalue weighted by Crippen LogP contribution is 2.38. The number of pyridine rings is 1. The highest BCUT2D eigenvalue weighted by Gasteiger charge is 2.43. The van der Waals surface area contributed by atoms with Crippen LogP contribution in [0, 0.1) is 12.5 Å². The van der Waals surface area contributed by atoms with Gasteiger partial charge in [0, 0.05) is 102 Å². The van der Waals surface area contributed by atoms with Crippen molar-refractivity contribution in [2.75, 3.05) is 65.0 Å². The highest BCUT2D eigenvalue weighted by atomic mass is 16.5. The molecule has 1 amide bonds. The molecule has 10 heteroatoms. The molecule has 0 spiro atoms. The second-order valence-electron chi connectivity index (χ2n) is 12.0. The Kier molecular flexibility index (Phi) is 8.17. The van der Waals surface area contributed by atoms with E-state index >= 15 is 0 Å². The van der Waals surface area contributed by atoms with Gasteiger partial charge in [0.05, 0.1) is 35.0 Å². The average Bonchev–Trinajstić information content (AvgIpc) is 3.46. The van der Waals surface area contributed by atoms with Crippen molar-refractivity contribution in [1.29, 1.82) is 0 Å². The molecule has 3 aliphatic rings. The van der Waals surface area contributed by atoms with Crippen LogP contribution in [0.2, 0.25) is 0 Å². The summed E-state index contributed by atoms with van der Waals surface area (Å²) in [6.45, 7) is 13.3. The number of piperazine rings is 1. The minimum absolute atomic E-state index is 0.0738. The van der Waals surface area contributed by atoms with Gasteiger partial charge in [-0.05, 0) is 38.0 Å². The molecule has 1 atom stereocenters. The largest absolute Gasteiger partial charge is 0.383 e. The molecule has 6 rings (SSSR count). The first kappa shape index (κ1) is 28.6. The van der Waals surface area contributed by atoms with Crippen LogP contribution in [0.3, 0.4) is 0 Å². The molecule has 5 heterocycles. The van der Waals surface area contributed by atoms with Gasteiger partial charge in [0.25, 0.3) is 12.6 Å². The predicted molar refractivity (Wildman–Crippen MR) is 163 cm³/mol. The molecule has 0 N–H and O–H groups in total. The van der Waals surface area contributed by atoms with Crippen molar-refractivity contribution >= 4 is 17.1 Å². The molecule has 1 saturated carbocycles. The monoisotopic (exact) mass is 572 g/mol. The number of ether oxygens (including phenoxy) is 2. The van der Waals surface area contributed by atoms with E-state index < -0.39 is 0 Å². The maximum Gasteiger partial charge on any atom is 0.273 e. The van der Waals surface area contributed by atoms with E-state index in [-0.39, 0.29) is 23.5 Å². The summed E-state index contributed by atoms with van der Waals surface area (Å²) in [5, 5.41) is 4.58. The van der Waals surface area contributed by atoms with Crippen molar-refractivity contribution in [3.05, 3.63) is 53.3 Å². The number of anilines is 1. The number of piperidine rings is 1. The van der Waals surface area contributed by atoms with Crippen LogP contribution in [0.5, 0.6) is 0 Å². The summed E-state index contributed by atoms with van der Waals surface area (Å²) < 4.78 is 13.4. The predicted octanol–water partition coefficient (Wildman–Crippen LogP) is 3.76. The smallest absolute Gasteiger partial charge is 0.273 e. The van der Waals surface area contributed by atoms with Gasteiger partial charge in [0.1, 0.15) is 0 Å². The van der Waals surface area contributed by atoms with E-state index in [9.17, 15) is 4.79 Å². The number of hydrogen-bond acceptors (Lipinski definition) is 7.